The number of carboxylic acid groups (broad SMARTS) is 1. The molecule has 0 unspecified atom stereocenters. The van der Waals surface area contributed by atoms with E-state index in [4.69, 9.17) is 27.2 Å². The Bertz CT molecular complexity index is 1850. The van der Waals surface area contributed by atoms with Gasteiger partial charge in [-0.1, -0.05) is 75.2 Å². The molecule has 2 heterocycles. The molecule has 0 aliphatic rings. The number of hydrogen-bond acceptors (Lipinski definition) is 7. The fourth-order valence-corrected chi connectivity index (χ4v) is 6.64. The molecule has 48 heavy (non-hydrogen) atoms. The van der Waals surface area contributed by atoms with E-state index in [0.717, 1.165) is 44.2 Å². The second-order valence-electron chi connectivity index (χ2n) is 11.7. The largest absolute Gasteiger partial charge is 0.489 e. The highest BCUT2D eigenvalue weighted by molar-refractivity contribution is 7.79. The van der Waals surface area contributed by atoms with Gasteiger partial charge in [0, 0.05) is 18.5 Å². The van der Waals surface area contributed by atoms with Gasteiger partial charge in [-0.2, -0.15) is 8.42 Å². The molecule has 5 aromatic rings. The van der Waals surface area contributed by atoms with Crippen LogP contribution in [0.25, 0.3) is 22.2 Å². The molecule has 0 saturated heterocycles. The van der Waals surface area contributed by atoms with Gasteiger partial charge in [-0.05, 0) is 76.7 Å². The van der Waals surface area contributed by atoms with Crippen molar-refractivity contribution in [3.8, 4) is 16.9 Å². The smallest absolute Gasteiger partial charge is 0.394 e. The van der Waals surface area contributed by atoms with Crippen molar-refractivity contribution in [2.45, 2.75) is 65.1 Å². The standard InChI is InChI=1S/C36H41N3O3S.H2O4S/c1-4-8-27(9-5-2)28-16-18-31(19-17-28)42-24-26-12-14-29(15-13-26)30-20-32(43-25-30)21-39(23-36(40)41)22-35-37-33-10-6-7-11-34(33)38(35)3;1-5(2,3)4/h6-7,10-20,25,27H,4-5,8-9,21-24H2,1-3H3,(H,40,41);(H2,1,2,3,4). The van der Waals surface area contributed by atoms with Crippen LogP contribution in [0, 0.1) is 0 Å². The molecule has 2 aromatic heterocycles. The second kappa shape index (κ2) is 17.4. The Kier molecular flexibility index (Phi) is 13.3. The maximum absolute atomic E-state index is 11.7. The Labute approximate surface area is 286 Å². The van der Waals surface area contributed by atoms with Gasteiger partial charge in [-0.3, -0.25) is 18.8 Å². The number of hydrogen-bond donors (Lipinski definition) is 3. The number of carboxylic acids is 1. The molecule has 0 bridgehead atoms. The van der Waals surface area contributed by atoms with E-state index in [-0.39, 0.29) is 6.54 Å². The number of imidazole rings is 1. The van der Waals surface area contributed by atoms with Crippen LogP contribution in [0.3, 0.4) is 0 Å². The first-order valence-corrected chi connectivity index (χ1v) is 18.1. The predicted octanol–water partition coefficient (Wildman–Crippen LogP) is 8.00. The van der Waals surface area contributed by atoms with E-state index in [0.29, 0.717) is 25.6 Å². The summed E-state index contributed by atoms with van der Waals surface area (Å²) >= 11 is 1.65. The van der Waals surface area contributed by atoms with Crippen LogP contribution < -0.4 is 4.74 Å². The predicted molar refractivity (Wildman–Crippen MR) is 190 cm³/mol. The van der Waals surface area contributed by atoms with Gasteiger partial charge in [-0.25, -0.2) is 4.98 Å². The Balaban J connectivity index is 0.000000968. The lowest BCUT2D eigenvalue weighted by Gasteiger charge is -2.19. The van der Waals surface area contributed by atoms with Gasteiger partial charge < -0.3 is 14.4 Å². The Hall–Kier alpha value is -4.07. The third-order valence-electron chi connectivity index (χ3n) is 7.96. The van der Waals surface area contributed by atoms with Crippen molar-refractivity contribution in [2.75, 3.05) is 6.54 Å². The number of aryl methyl sites for hydroxylation is 1. The molecule has 5 rings (SSSR count). The molecule has 0 radical (unpaired) electrons. The fourth-order valence-electron chi connectivity index (χ4n) is 5.70. The van der Waals surface area contributed by atoms with E-state index >= 15 is 0 Å². The van der Waals surface area contributed by atoms with Crippen LogP contribution in [-0.2, 0) is 41.9 Å². The van der Waals surface area contributed by atoms with Crippen molar-refractivity contribution in [3.05, 3.63) is 106 Å². The SMILES string of the molecule is CCCC(CCC)c1ccc(OCc2ccc(-c3csc(CN(CC(=O)O)Cc4nc5ccccc5n4C)c3)cc2)cc1.O=S(=O)(O)O. The molecule has 3 N–H and O–H groups in total. The Morgan fingerprint density at radius 2 is 1.58 bits per heavy atom. The summed E-state index contributed by atoms with van der Waals surface area (Å²) in [5.74, 6) is 1.54. The van der Waals surface area contributed by atoms with Crippen LogP contribution in [0.2, 0.25) is 0 Å². The van der Waals surface area contributed by atoms with E-state index < -0.39 is 16.4 Å². The minimum Gasteiger partial charge on any atom is -0.489 e. The summed E-state index contributed by atoms with van der Waals surface area (Å²) < 4.78 is 39.7. The molecule has 256 valence electrons. The number of benzene rings is 3. The van der Waals surface area contributed by atoms with Crippen LogP contribution in [0.1, 0.15) is 67.3 Å². The lowest BCUT2D eigenvalue weighted by Crippen LogP contribution is -2.29. The van der Waals surface area contributed by atoms with Crippen LogP contribution in [0.5, 0.6) is 5.75 Å². The highest BCUT2D eigenvalue weighted by Gasteiger charge is 2.17. The average Bonchev–Trinajstić information content (AvgIpc) is 3.63. The first-order valence-electron chi connectivity index (χ1n) is 15.9. The van der Waals surface area contributed by atoms with Gasteiger partial charge in [0.1, 0.15) is 18.2 Å². The third-order valence-corrected chi connectivity index (χ3v) is 8.88. The highest BCUT2D eigenvalue weighted by Crippen LogP contribution is 2.29. The summed E-state index contributed by atoms with van der Waals surface area (Å²) in [7, 11) is -2.69. The van der Waals surface area contributed by atoms with E-state index in [1.54, 1.807) is 11.3 Å². The number of aliphatic carboxylic acids is 1. The number of fused-ring (bicyclic) bond motifs is 1. The van der Waals surface area contributed by atoms with Crippen molar-refractivity contribution in [2.24, 2.45) is 7.05 Å². The second-order valence-corrected chi connectivity index (χ2v) is 13.6. The van der Waals surface area contributed by atoms with Crippen molar-refractivity contribution in [1.82, 2.24) is 14.5 Å². The molecule has 10 nitrogen and oxygen atoms in total. The molecule has 0 amide bonds. The fraction of sp³-hybridized carbons (Fsp3) is 0.333. The van der Waals surface area contributed by atoms with Crippen molar-refractivity contribution >= 4 is 38.7 Å². The molecule has 0 saturated carbocycles. The van der Waals surface area contributed by atoms with Crippen LogP contribution in [0.4, 0.5) is 0 Å². The number of carbonyl (C=O) groups is 1. The van der Waals surface area contributed by atoms with Gasteiger partial charge in [0.25, 0.3) is 0 Å². The van der Waals surface area contributed by atoms with Gasteiger partial charge in [0.05, 0.1) is 24.1 Å². The minimum absolute atomic E-state index is 0.0497. The van der Waals surface area contributed by atoms with Crippen LogP contribution >= 0.6 is 11.3 Å². The van der Waals surface area contributed by atoms with Gasteiger partial charge in [0.15, 0.2) is 0 Å². The zero-order valence-electron chi connectivity index (χ0n) is 27.4. The van der Waals surface area contributed by atoms with Gasteiger partial charge in [-0.15, -0.1) is 11.3 Å². The van der Waals surface area contributed by atoms with Crippen molar-refractivity contribution in [3.63, 3.8) is 0 Å². The summed E-state index contributed by atoms with van der Waals surface area (Å²) in [6.45, 7) is 5.98. The highest BCUT2D eigenvalue weighted by atomic mass is 32.3. The first kappa shape index (κ1) is 36.8. The Morgan fingerprint density at radius 1 is 0.938 bits per heavy atom. The molecule has 0 atom stereocenters. The summed E-state index contributed by atoms with van der Waals surface area (Å²) in [5.41, 5.74) is 6.76. The third kappa shape index (κ3) is 11.3. The topological polar surface area (TPSA) is 142 Å². The molecule has 0 spiro atoms. The first-order chi connectivity index (χ1) is 22.9. The van der Waals surface area contributed by atoms with Crippen molar-refractivity contribution < 1.29 is 32.2 Å². The quantitative estimate of drug-likeness (QED) is 0.0930. The normalized spacial score (nSPS) is 11.6. The summed E-state index contributed by atoms with van der Waals surface area (Å²) in [5, 5.41) is 11.7. The summed E-state index contributed by atoms with van der Waals surface area (Å²) in [6, 6.07) is 27.2. The van der Waals surface area contributed by atoms with E-state index in [2.05, 4.69) is 73.8 Å². The van der Waals surface area contributed by atoms with E-state index in [1.165, 1.54) is 31.2 Å². The lowest BCUT2D eigenvalue weighted by molar-refractivity contribution is -0.138. The average molecular weight is 694 g/mol. The molecular formula is C36H43N3O7S2. The monoisotopic (exact) mass is 693 g/mol. The maximum atomic E-state index is 11.7. The maximum Gasteiger partial charge on any atom is 0.394 e. The number of para-hydroxylation sites is 2. The summed E-state index contributed by atoms with van der Waals surface area (Å²) in [4.78, 5) is 19.5. The zero-order chi connectivity index (χ0) is 34.7. The van der Waals surface area contributed by atoms with Gasteiger partial charge >= 0.3 is 16.4 Å². The molecule has 0 aliphatic heterocycles. The van der Waals surface area contributed by atoms with Crippen LogP contribution in [-0.4, -0.2) is 49.6 Å². The van der Waals surface area contributed by atoms with Crippen molar-refractivity contribution in [1.29, 1.82) is 0 Å². The number of aromatic nitrogens is 2. The van der Waals surface area contributed by atoms with E-state index in [9.17, 15) is 9.90 Å². The molecule has 12 heteroatoms. The number of ether oxygens (including phenoxy) is 1. The molecular weight excluding hydrogens is 651 g/mol. The number of nitrogens with zero attached hydrogens (tertiary/aromatic N) is 3. The summed E-state index contributed by atoms with van der Waals surface area (Å²) in [6.07, 6.45) is 4.88. The molecule has 3 aromatic carbocycles. The minimum atomic E-state index is -4.67. The van der Waals surface area contributed by atoms with Gasteiger partial charge in [0.2, 0.25) is 0 Å². The van der Waals surface area contributed by atoms with E-state index in [1.807, 2.05) is 40.8 Å². The lowest BCUT2D eigenvalue weighted by atomic mass is 9.90. The molecule has 0 fully saturated rings. The number of rotatable bonds is 15. The molecule has 0 aliphatic carbocycles. The number of thiophene rings is 1. The van der Waals surface area contributed by atoms with Crippen LogP contribution in [0.15, 0.2) is 84.2 Å². The Morgan fingerprint density at radius 3 is 2.19 bits per heavy atom. The zero-order valence-corrected chi connectivity index (χ0v) is 29.1.